The summed E-state index contributed by atoms with van der Waals surface area (Å²) in [5.41, 5.74) is 2.52. The van der Waals surface area contributed by atoms with Crippen molar-refractivity contribution in [2.45, 2.75) is 11.7 Å². The first-order valence-electron chi connectivity index (χ1n) is 8.53. The lowest BCUT2D eigenvalue weighted by Crippen LogP contribution is -2.26. The van der Waals surface area contributed by atoms with Crippen molar-refractivity contribution in [3.63, 3.8) is 0 Å². The van der Waals surface area contributed by atoms with Crippen LogP contribution in [0.3, 0.4) is 0 Å². The van der Waals surface area contributed by atoms with Crippen LogP contribution >= 0.6 is 27.7 Å². The Kier molecular flexibility index (Phi) is 5.40. The molecule has 3 aromatic rings. The van der Waals surface area contributed by atoms with E-state index in [0.29, 0.717) is 10.7 Å². The summed E-state index contributed by atoms with van der Waals surface area (Å²) < 4.78 is 0.902. The largest absolute Gasteiger partial charge is 0.361 e. The molecule has 1 saturated heterocycles. The first kappa shape index (κ1) is 18.6. The van der Waals surface area contributed by atoms with Crippen molar-refractivity contribution < 1.29 is 9.59 Å². The second kappa shape index (κ2) is 8.12. The van der Waals surface area contributed by atoms with Gasteiger partial charge in [-0.05, 0) is 18.2 Å². The highest BCUT2D eigenvalue weighted by Crippen LogP contribution is 2.24. The summed E-state index contributed by atoms with van der Waals surface area (Å²) in [5.74, 6) is -0.305. The Morgan fingerprint density at radius 3 is 2.79 bits per heavy atom. The molecule has 2 heterocycles. The first-order chi connectivity index (χ1) is 13.6. The molecule has 4 rings (SSSR count). The lowest BCUT2D eigenvalue weighted by Gasteiger charge is -2.04. The number of aromatic nitrogens is 1. The topological polar surface area (TPSA) is 86.7 Å². The van der Waals surface area contributed by atoms with Crippen LogP contribution in [-0.2, 0) is 4.79 Å². The van der Waals surface area contributed by atoms with E-state index in [9.17, 15) is 9.59 Å². The second-order valence-electron chi connectivity index (χ2n) is 6.17. The van der Waals surface area contributed by atoms with Gasteiger partial charge in [0.15, 0.2) is 11.0 Å². The monoisotopic (exact) mass is 454 g/mol. The van der Waals surface area contributed by atoms with Crippen molar-refractivity contribution >= 4 is 61.7 Å². The number of halogens is 1. The number of Topliss-reactive ketones (excluding diaryl/α,β-unsaturated/α-hetero) is 1. The van der Waals surface area contributed by atoms with Gasteiger partial charge < -0.3 is 10.3 Å². The van der Waals surface area contributed by atoms with Crippen LogP contribution in [0, 0.1) is 0 Å². The third kappa shape index (κ3) is 4.07. The molecule has 6 nitrogen and oxygen atoms in total. The zero-order valence-electron chi connectivity index (χ0n) is 14.6. The zero-order valence-corrected chi connectivity index (χ0v) is 17.0. The number of H-pyrrole nitrogens is 1. The van der Waals surface area contributed by atoms with Crippen molar-refractivity contribution in [1.29, 1.82) is 0 Å². The van der Waals surface area contributed by atoms with Gasteiger partial charge in [0.25, 0.3) is 0 Å². The van der Waals surface area contributed by atoms with E-state index in [1.165, 1.54) is 11.8 Å². The predicted molar refractivity (Wildman–Crippen MR) is 116 cm³/mol. The van der Waals surface area contributed by atoms with Gasteiger partial charge in [0.05, 0.1) is 11.5 Å². The minimum atomic E-state index is -0.502. The van der Waals surface area contributed by atoms with Gasteiger partial charge in [-0.25, -0.2) is 0 Å². The second-order valence-corrected chi connectivity index (χ2v) is 8.28. The third-order valence-corrected chi connectivity index (χ3v) is 5.88. The number of fused-ring (bicyclic) bond motifs is 1. The maximum absolute atomic E-state index is 12.4. The average Bonchev–Trinajstić information content (AvgIpc) is 3.26. The van der Waals surface area contributed by atoms with Crippen LogP contribution in [-0.4, -0.2) is 33.3 Å². The van der Waals surface area contributed by atoms with E-state index in [0.717, 1.165) is 20.9 Å². The number of benzene rings is 2. The lowest BCUT2D eigenvalue weighted by molar-refractivity contribution is -0.118. The number of carbonyl (C=O) groups excluding carboxylic acids is 2. The van der Waals surface area contributed by atoms with E-state index in [1.807, 2.05) is 30.5 Å². The van der Waals surface area contributed by atoms with E-state index in [1.54, 1.807) is 30.5 Å². The van der Waals surface area contributed by atoms with Crippen molar-refractivity contribution in [2.75, 3.05) is 0 Å². The maximum atomic E-state index is 12.4. The Labute approximate surface area is 173 Å². The Balaban J connectivity index is 1.41. The molecule has 8 heteroatoms. The summed E-state index contributed by atoms with van der Waals surface area (Å²) >= 11 is 4.56. The number of thioether (sulfide) groups is 1. The molecule has 1 aliphatic heterocycles. The molecule has 2 aromatic carbocycles. The fourth-order valence-corrected chi connectivity index (χ4v) is 4.04. The molecule has 1 unspecified atom stereocenters. The Bertz CT molecular complexity index is 1100. The number of nitrogens with zero attached hydrogens (tertiary/aromatic N) is 2. The number of hydrogen-bond acceptors (Lipinski definition) is 5. The Hall–Kier alpha value is -2.71. The van der Waals surface area contributed by atoms with E-state index < -0.39 is 5.25 Å². The smallest absolute Gasteiger partial charge is 0.240 e. The lowest BCUT2D eigenvalue weighted by atomic mass is 10.1. The highest BCUT2D eigenvalue weighted by molar-refractivity contribution is 9.10. The maximum Gasteiger partial charge on any atom is 0.240 e. The molecule has 2 N–H and O–H groups in total. The van der Waals surface area contributed by atoms with Crippen LogP contribution in [0.4, 0.5) is 0 Å². The van der Waals surface area contributed by atoms with Gasteiger partial charge in [0.2, 0.25) is 5.91 Å². The Morgan fingerprint density at radius 2 is 1.96 bits per heavy atom. The molecule has 1 atom stereocenters. The van der Waals surface area contributed by atoms with Crippen LogP contribution < -0.4 is 5.32 Å². The summed E-state index contributed by atoms with van der Waals surface area (Å²) in [5, 5.41) is 11.8. The van der Waals surface area contributed by atoms with Crippen molar-refractivity contribution in [2.24, 2.45) is 10.2 Å². The molecule has 1 aromatic heterocycles. The van der Waals surface area contributed by atoms with Gasteiger partial charge in [-0.15, -0.1) is 5.10 Å². The van der Waals surface area contributed by atoms with E-state index in [4.69, 9.17) is 0 Å². The predicted octanol–water partition coefficient (Wildman–Crippen LogP) is 4.12. The quantitative estimate of drug-likeness (QED) is 0.345. The summed E-state index contributed by atoms with van der Waals surface area (Å²) in [6, 6.07) is 15.0. The molecule has 0 radical (unpaired) electrons. The molecule has 1 amide bonds. The van der Waals surface area contributed by atoms with Gasteiger partial charge in [-0.2, -0.15) is 5.10 Å². The Morgan fingerprint density at radius 1 is 1.18 bits per heavy atom. The molecule has 1 fully saturated rings. The van der Waals surface area contributed by atoms with Gasteiger partial charge in [-0.3, -0.25) is 9.59 Å². The third-order valence-electron chi connectivity index (χ3n) is 4.28. The first-order valence-corrected chi connectivity index (χ1v) is 10.2. The van der Waals surface area contributed by atoms with E-state index in [2.05, 4.69) is 36.4 Å². The molecule has 28 heavy (non-hydrogen) atoms. The van der Waals surface area contributed by atoms with Crippen molar-refractivity contribution in [3.05, 3.63) is 70.3 Å². The molecule has 1 aliphatic rings. The number of nitrogens with one attached hydrogen (secondary N) is 2. The average molecular weight is 455 g/mol. The SMILES string of the molecule is O=C(CC1S/C(=N/N=C/c2c[nH]c3ccccc23)NC1=O)c1ccc(Br)cc1. The van der Waals surface area contributed by atoms with E-state index in [-0.39, 0.29) is 18.1 Å². The van der Waals surface area contributed by atoms with Crippen LogP contribution in [0.1, 0.15) is 22.3 Å². The van der Waals surface area contributed by atoms with E-state index >= 15 is 0 Å². The number of carbonyl (C=O) groups is 2. The highest BCUT2D eigenvalue weighted by Gasteiger charge is 2.32. The fourth-order valence-electron chi connectivity index (χ4n) is 2.85. The molecule has 0 aliphatic carbocycles. The molecule has 0 saturated carbocycles. The minimum Gasteiger partial charge on any atom is -0.361 e. The highest BCUT2D eigenvalue weighted by atomic mass is 79.9. The number of para-hydroxylation sites is 1. The van der Waals surface area contributed by atoms with Crippen LogP contribution in [0.25, 0.3) is 10.9 Å². The van der Waals surface area contributed by atoms with Gasteiger partial charge in [-0.1, -0.05) is 58.0 Å². The number of aromatic amines is 1. The number of rotatable bonds is 5. The standard InChI is InChI=1S/C20H15BrN4O2S/c21-14-7-5-12(6-8-14)17(26)9-18-19(27)24-20(28-18)25-23-11-13-10-22-16-4-2-1-3-15(13)16/h1-8,10-11,18,22H,9H2,(H,24,25,27)/b23-11+. The van der Waals surface area contributed by atoms with Crippen LogP contribution in [0.5, 0.6) is 0 Å². The molecular weight excluding hydrogens is 440 g/mol. The minimum absolute atomic E-state index is 0.0799. The van der Waals surface area contributed by atoms with Gasteiger partial charge in [0, 0.05) is 39.1 Å². The summed E-state index contributed by atoms with van der Waals surface area (Å²) in [4.78, 5) is 27.7. The van der Waals surface area contributed by atoms with Crippen molar-refractivity contribution in [1.82, 2.24) is 10.3 Å². The molecule has 0 bridgehead atoms. The summed E-state index contributed by atoms with van der Waals surface area (Å²) in [6.45, 7) is 0. The van der Waals surface area contributed by atoms with Crippen molar-refractivity contribution in [3.8, 4) is 0 Å². The fraction of sp³-hybridized carbons (Fsp3) is 0.100. The van der Waals surface area contributed by atoms with Crippen LogP contribution in [0.2, 0.25) is 0 Å². The summed E-state index contributed by atoms with van der Waals surface area (Å²) in [7, 11) is 0. The zero-order chi connectivity index (χ0) is 19.5. The number of amides is 1. The molecule has 140 valence electrons. The number of ketones is 1. The summed E-state index contributed by atoms with van der Waals surface area (Å²) in [6.07, 6.45) is 3.61. The van der Waals surface area contributed by atoms with Gasteiger partial charge in [0.1, 0.15) is 0 Å². The van der Waals surface area contributed by atoms with Gasteiger partial charge >= 0.3 is 0 Å². The molecule has 0 spiro atoms. The number of amidine groups is 1. The van der Waals surface area contributed by atoms with Crippen LogP contribution in [0.15, 0.2) is 69.4 Å². The number of hydrogen-bond donors (Lipinski definition) is 2. The molecular formula is C20H15BrN4O2S. The normalized spacial score (nSPS) is 18.2.